The highest BCUT2D eigenvalue weighted by atomic mass is 16.1. The van der Waals surface area contributed by atoms with Crippen molar-refractivity contribution in [1.29, 1.82) is 0 Å². The van der Waals surface area contributed by atoms with Gasteiger partial charge >= 0.3 is 0 Å². The van der Waals surface area contributed by atoms with E-state index in [-0.39, 0.29) is 5.78 Å². The Balaban J connectivity index is 1.73. The molecule has 2 aromatic rings. The van der Waals surface area contributed by atoms with Crippen molar-refractivity contribution in [2.24, 2.45) is 0 Å². The standard InChI is InChI=1S/C16H18N4O/c1-10-14(11(2)21)9-18-16(19-10)20-13-5-6-15-12(8-13)4-3-7-17-15/h3-4,7,9,13H,5-6,8H2,1-2H3,(H,18,19,20)/t13-/m1/s1. The molecule has 0 saturated heterocycles. The molecule has 0 saturated carbocycles. The Morgan fingerprint density at radius 2 is 2.24 bits per heavy atom. The molecule has 0 spiro atoms. The predicted octanol–water partition coefficient (Wildman–Crippen LogP) is 2.35. The number of hydrogen-bond donors (Lipinski definition) is 1. The molecule has 5 nitrogen and oxygen atoms in total. The van der Waals surface area contributed by atoms with Crippen LogP contribution >= 0.6 is 0 Å². The van der Waals surface area contributed by atoms with Crippen molar-refractivity contribution in [2.75, 3.05) is 5.32 Å². The molecule has 108 valence electrons. The Labute approximate surface area is 123 Å². The fourth-order valence-corrected chi connectivity index (χ4v) is 2.75. The molecule has 2 aromatic heterocycles. The number of anilines is 1. The monoisotopic (exact) mass is 282 g/mol. The Bertz CT molecular complexity index is 684. The van der Waals surface area contributed by atoms with E-state index in [0.29, 0.717) is 17.6 Å². The summed E-state index contributed by atoms with van der Waals surface area (Å²) in [4.78, 5) is 24.4. The maximum Gasteiger partial charge on any atom is 0.223 e. The quantitative estimate of drug-likeness (QED) is 0.875. The molecule has 0 fully saturated rings. The van der Waals surface area contributed by atoms with Crippen molar-refractivity contribution in [3.63, 3.8) is 0 Å². The lowest BCUT2D eigenvalue weighted by Gasteiger charge is -2.24. The highest BCUT2D eigenvalue weighted by molar-refractivity contribution is 5.94. The topological polar surface area (TPSA) is 67.8 Å². The van der Waals surface area contributed by atoms with Crippen molar-refractivity contribution in [1.82, 2.24) is 15.0 Å². The van der Waals surface area contributed by atoms with Gasteiger partial charge in [0.05, 0.1) is 11.3 Å². The molecule has 0 aliphatic heterocycles. The van der Waals surface area contributed by atoms with Gasteiger partial charge in [-0.15, -0.1) is 0 Å². The van der Waals surface area contributed by atoms with E-state index >= 15 is 0 Å². The zero-order valence-corrected chi connectivity index (χ0v) is 12.3. The molecule has 0 unspecified atom stereocenters. The van der Waals surface area contributed by atoms with Gasteiger partial charge in [-0.3, -0.25) is 9.78 Å². The summed E-state index contributed by atoms with van der Waals surface area (Å²) in [6.07, 6.45) is 6.37. The van der Waals surface area contributed by atoms with Crippen molar-refractivity contribution in [3.8, 4) is 0 Å². The fraction of sp³-hybridized carbons (Fsp3) is 0.375. The van der Waals surface area contributed by atoms with Crippen LogP contribution in [0.3, 0.4) is 0 Å². The molecule has 0 radical (unpaired) electrons. The number of hydrogen-bond acceptors (Lipinski definition) is 5. The number of pyridine rings is 1. The Kier molecular flexibility index (Phi) is 3.64. The van der Waals surface area contributed by atoms with Crippen LogP contribution < -0.4 is 5.32 Å². The minimum atomic E-state index is -0.00304. The zero-order valence-electron chi connectivity index (χ0n) is 12.3. The summed E-state index contributed by atoms with van der Waals surface area (Å²) < 4.78 is 0. The van der Waals surface area contributed by atoms with E-state index in [9.17, 15) is 4.79 Å². The average molecular weight is 282 g/mol. The number of aryl methyl sites for hydroxylation is 2. The van der Waals surface area contributed by atoms with Gasteiger partial charge in [0.25, 0.3) is 0 Å². The summed E-state index contributed by atoms with van der Waals surface area (Å²) in [5, 5.41) is 3.37. The van der Waals surface area contributed by atoms with E-state index in [1.54, 1.807) is 6.20 Å². The largest absolute Gasteiger partial charge is 0.351 e. The van der Waals surface area contributed by atoms with Crippen LogP contribution in [0.15, 0.2) is 24.5 Å². The minimum Gasteiger partial charge on any atom is -0.351 e. The number of aromatic nitrogens is 3. The third-order valence-electron chi connectivity index (χ3n) is 3.87. The summed E-state index contributed by atoms with van der Waals surface area (Å²) >= 11 is 0. The number of rotatable bonds is 3. The Morgan fingerprint density at radius 1 is 1.38 bits per heavy atom. The third kappa shape index (κ3) is 2.91. The van der Waals surface area contributed by atoms with E-state index in [4.69, 9.17) is 0 Å². The second-order valence-electron chi connectivity index (χ2n) is 5.44. The Morgan fingerprint density at radius 3 is 3.00 bits per heavy atom. The average Bonchev–Trinajstić information content (AvgIpc) is 2.47. The molecule has 2 heterocycles. The van der Waals surface area contributed by atoms with Crippen molar-refractivity contribution < 1.29 is 4.79 Å². The number of nitrogens with one attached hydrogen (secondary N) is 1. The number of carbonyl (C=O) groups excluding carboxylic acids is 1. The molecule has 1 N–H and O–H groups in total. The first kappa shape index (κ1) is 13.7. The number of carbonyl (C=O) groups is 1. The van der Waals surface area contributed by atoms with Gasteiger partial charge in [0.1, 0.15) is 0 Å². The fourth-order valence-electron chi connectivity index (χ4n) is 2.75. The number of fused-ring (bicyclic) bond motifs is 1. The van der Waals surface area contributed by atoms with Crippen LogP contribution in [-0.2, 0) is 12.8 Å². The molecule has 1 aliphatic carbocycles. The van der Waals surface area contributed by atoms with Gasteiger partial charge in [0, 0.05) is 24.1 Å². The van der Waals surface area contributed by atoms with Gasteiger partial charge in [-0.25, -0.2) is 9.97 Å². The van der Waals surface area contributed by atoms with Gasteiger partial charge in [-0.2, -0.15) is 0 Å². The van der Waals surface area contributed by atoms with Gasteiger partial charge in [0.2, 0.25) is 5.95 Å². The first-order valence-corrected chi connectivity index (χ1v) is 7.17. The molecule has 5 heteroatoms. The maximum atomic E-state index is 11.4. The van der Waals surface area contributed by atoms with E-state index < -0.39 is 0 Å². The van der Waals surface area contributed by atoms with Crippen molar-refractivity contribution >= 4 is 11.7 Å². The number of nitrogens with zero attached hydrogens (tertiary/aromatic N) is 3. The second kappa shape index (κ2) is 5.60. The van der Waals surface area contributed by atoms with Crippen LogP contribution in [0, 0.1) is 6.92 Å². The molecule has 0 aromatic carbocycles. The summed E-state index contributed by atoms with van der Waals surface area (Å²) in [6.45, 7) is 3.37. The van der Waals surface area contributed by atoms with Crippen LogP contribution in [0.2, 0.25) is 0 Å². The summed E-state index contributed by atoms with van der Waals surface area (Å²) in [5.74, 6) is 0.589. The summed E-state index contributed by atoms with van der Waals surface area (Å²) in [6, 6.07) is 4.41. The lowest BCUT2D eigenvalue weighted by Crippen LogP contribution is -2.28. The van der Waals surface area contributed by atoms with Gasteiger partial charge in [-0.1, -0.05) is 6.07 Å². The maximum absolute atomic E-state index is 11.4. The SMILES string of the molecule is CC(=O)c1cnc(N[C@@H]2CCc3ncccc3C2)nc1C. The van der Waals surface area contributed by atoms with Crippen molar-refractivity contribution in [3.05, 3.63) is 47.0 Å². The van der Waals surface area contributed by atoms with E-state index in [0.717, 1.165) is 25.0 Å². The molecule has 1 aliphatic rings. The number of ketones is 1. The van der Waals surface area contributed by atoms with E-state index in [2.05, 4.69) is 26.3 Å². The molecule has 21 heavy (non-hydrogen) atoms. The highest BCUT2D eigenvalue weighted by Crippen LogP contribution is 2.21. The predicted molar refractivity (Wildman–Crippen MR) is 80.4 cm³/mol. The lowest BCUT2D eigenvalue weighted by atomic mass is 9.92. The van der Waals surface area contributed by atoms with Crippen LogP contribution in [0.5, 0.6) is 0 Å². The molecule has 1 atom stereocenters. The first-order chi connectivity index (χ1) is 10.1. The third-order valence-corrected chi connectivity index (χ3v) is 3.87. The molecule has 3 rings (SSSR count). The Hall–Kier alpha value is -2.30. The van der Waals surface area contributed by atoms with Gasteiger partial charge in [0.15, 0.2) is 5.78 Å². The van der Waals surface area contributed by atoms with E-state index in [1.807, 2.05) is 19.2 Å². The van der Waals surface area contributed by atoms with Crippen LogP contribution in [0.25, 0.3) is 0 Å². The molecular weight excluding hydrogens is 264 g/mol. The van der Waals surface area contributed by atoms with Crippen molar-refractivity contribution in [2.45, 2.75) is 39.2 Å². The lowest BCUT2D eigenvalue weighted by molar-refractivity contribution is 0.101. The second-order valence-corrected chi connectivity index (χ2v) is 5.44. The summed E-state index contributed by atoms with van der Waals surface area (Å²) in [5.41, 5.74) is 3.79. The minimum absolute atomic E-state index is 0.00304. The summed E-state index contributed by atoms with van der Waals surface area (Å²) in [7, 11) is 0. The van der Waals surface area contributed by atoms with E-state index in [1.165, 1.54) is 18.2 Å². The van der Waals surface area contributed by atoms with Crippen LogP contribution in [0.1, 0.15) is 40.7 Å². The zero-order chi connectivity index (χ0) is 14.8. The molecule has 0 bridgehead atoms. The smallest absolute Gasteiger partial charge is 0.223 e. The van der Waals surface area contributed by atoms with Crippen LogP contribution in [-0.4, -0.2) is 26.8 Å². The first-order valence-electron chi connectivity index (χ1n) is 7.17. The molecular formula is C16H18N4O. The van der Waals surface area contributed by atoms with Crippen LogP contribution in [0.4, 0.5) is 5.95 Å². The normalized spacial score (nSPS) is 17.1. The number of Topliss-reactive ketones (excluding diaryl/α,β-unsaturated/α-hetero) is 1. The molecule has 0 amide bonds. The highest BCUT2D eigenvalue weighted by Gasteiger charge is 2.20. The van der Waals surface area contributed by atoms with Gasteiger partial charge in [-0.05, 0) is 44.7 Å². The van der Waals surface area contributed by atoms with Gasteiger partial charge < -0.3 is 5.32 Å².